The van der Waals surface area contributed by atoms with E-state index >= 15 is 0 Å². The maximum absolute atomic E-state index is 12.2. The molecule has 0 radical (unpaired) electrons. The molecule has 7 heteroatoms. The van der Waals surface area contributed by atoms with E-state index in [0.717, 1.165) is 0 Å². The fourth-order valence-corrected chi connectivity index (χ4v) is 1.49. The molecule has 1 nitrogen and oxygen atoms in total. The molecule has 0 amide bonds. The Kier molecular flexibility index (Phi) is 2.93. The Morgan fingerprint density at radius 3 is 2.00 bits per heavy atom. The van der Waals surface area contributed by atoms with Gasteiger partial charge in [-0.2, -0.15) is 26.3 Å². The van der Waals surface area contributed by atoms with Gasteiger partial charge in [0.1, 0.15) is 0 Å². The Bertz CT molecular complexity index is 263. The summed E-state index contributed by atoms with van der Waals surface area (Å²) < 4.78 is 73.0. The van der Waals surface area contributed by atoms with E-state index in [1.807, 2.05) is 0 Å². The zero-order valence-electron chi connectivity index (χ0n) is 7.36. The van der Waals surface area contributed by atoms with Gasteiger partial charge in [0.05, 0.1) is 17.6 Å². The molecule has 0 aromatic heterocycles. The lowest BCUT2D eigenvalue weighted by atomic mass is 9.85. The zero-order valence-corrected chi connectivity index (χ0v) is 7.36. The first kappa shape index (κ1) is 12.2. The van der Waals surface area contributed by atoms with Crippen molar-refractivity contribution >= 4 is 0 Å². The van der Waals surface area contributed by atoms with Crippen LogP contribution >= 0.6 is 0 Å². The summed E-state index contributed by atoms with van der Waals surface area (Å²) in [5.74, 6) is -5.17. The van der Waals surface area contributed by atoms with Gasteiger partial charge in [-0.25, -0.2) is 0 Å². The van der Waals surface area contributed by atoms with E-state index in [2.05, 4.69) is 0 Å². The van der Waals surface area contributed by atoms with Crippen LogP contribution in [0.1, 0.15) is 12.8 Å². The van der Waals surface area contributed by atoms with Gasteiger partial charge in [0, 0.05) is 6.42 Å². The molecule has 0 heterocycles. The monoisotopic (exact) mass is 234 g/mol. The summed E-state index contributed by atoms with van der Waals surface area (Å²) in [6, 6.07) is 0. The molecule has 2 unspecified atom stereocenters. The zero-order chi connectivity index (χ0) is 11.9. The second-order valence-corrected chi connectivity index (χ2v) is 3.48. The molecular formula is C8H8F6O. The normalized spacial score (nSPS) is 28.8. The average molecular weight is 234 g/mol. The number of aliphatic hydroxyl groups excluding tert-OH is 1. The van der Waals surface area contributed by atoms with Crippen molar-refractivity contribution < 1.29 is 31.4 Å². The lowest BCUT2D eigenvalue weighted by Gasteiger charge is -2.29. The van der Waals surface area contributed by atoms with E-state index in [9.17, 15) is 26.3 Å². The van der Waals surface area contributed by atoms with Gasteiger partial charge in [-0.15, -0.1) is 0 Å². The van der Waals surface area contributed by atoms with E-state index in [1.165, 1.54) is 0 Å². The summed E-state index contributed by atoms with van der Waals surface area (Å²) in [5.41, 5.74) is 0. The van der Waals surface area contributed by atoms with Gasteiger partial charge < -0.3 is 5.11 Å². The van der Waals surface area contributed by atoms with Crippen molar-refractivity contribution in [1.29, 1.82) is 0 Å². The molecule has 0 fully saturated rings. The van der Waals surface area contributed by atoms with Gasteiger partial charge in [0.2, 0.25) is 0 Å². The first-order chi connectivity index (χ1) is 6.60. The molecule has 1 aliphatic rings. The number of alkyl halides is 6. The van der Waals surface area contributed by atoms with Crippen LogP contribution in [0.3, 0.4) is 0 Å². The highest BCUT2D eigenvalue weighted by molar-refractivity contribution is 5.05. The molecule has 2 atom stereocenters. The van der Waals surface area contributed by atoms with Gasteiger partial charge in [-0.1, -0.05) is 0 Å². The number of halogens is 6. The summed E-state index contributed by atoms with van der Waals surface area (Å²) in [7, 11) is 0. The first-order valence-electron chi connectivity index (χ1n) is 4.14. The van der Waals surface area contributed by atoms with Crippen LogP contribution in [0.15, 0.2) is 11.8 Å². The smallest absolute Gasteiger partial charge is 0.395 e. The quantitative estimate of drug-likeness (QED) is 0.635. The molecule has 0 spiro atoms. The van der Waals surface area contributed by atoms with Crippen molar-refractivity contribution in [2.45, 2.75) is 25.2 Å². The summed E-state index contributed by atoms with van der Waals surface area (Å²) >= 11 is 0. The van der Waals surface area contributed by atoms with Crippen LogP contribution in [0.25, 0.3) is 0 Å². The van der Waals surface area contributed by atoms with Gasteiger partial charge in [0.15, 0.2) is 0 Å². The summed E-state index contributed by atoms with van der Waals surface area (Å²) in [6.45, 7) is 0. The van der Waals surface area contributed by atoms with E-state index in [1.54, 1.807) is 0 Å². The maximum Gasteiger partial charge on any atom is 0.395 e. The van der Waals surface area contributed by atoms with Crippen LogP contribution in [-0.2, 0) is 0 Å². The highest BCUT2D eigenvalue weighted by Crippen LogP contribution is 2.44. The fraction of sp³-hybridized carbons (Fsp3) is 0.750. The number of rotatable bonds is 0. The predicted octanol–water partition coefficient (Wildman–Crippen LogP) is 3.58. The molecule has 1 aliphatic carbocycles. The Balaban J connectivity index is 2.85. The van der Waals surface area contributed by atoms with Crippen LogP contribution < -0.4 is 0 Å². The first-order valence-corrected chi connectivity index (χ1v) is 4.14. The molecule has 1 rings (SSSR count). The van der Waals surface area contributed by atoms with Gasteiger partial charge in [-0.3, -0.25) is 0 Å². The van der Waals surface area contributed by atoms with Crippen LogP contribution in [0.5, 0.6) is 0 Å². The second-order valence-electron chi connectivity index (χ2n) is 3.48. The molecule has 0 aromatic carbocycles. The highest BCUT2D eigenvalue weighted by Gasteiger charge is 2.49. The standard InChI is InChI=1S/C8H8F6O/c9-7(10,11)4-1-5(8(12,13)14)3-6(15)2-4/h2,4-5,15H,1,3H2. The minimum atomic E-state index is -4.74. The summed E-state index contributed by atoms with van der Waals surface area (Å²) in [6.07, 6.45) is -10.8. The highest BCUT2D eigenvalue weighted by atomic mass is 19.4. The number of allylic oxidation sites excluding steroid dienone is 2. The third-order valence-corrected chi connectivity index (χ3v) is 2.27. The largest absolute Gasteiger partial charge is 0.513 e. The topological polar surface area (TPSA) is 20.2 Å². The molecule has 0 saturated carbocycles. The van der Waals surface area contributed by atoms with E-state index in [-0.39, 0.29) is 0 Å². The molecule has 15 heavy (non-hydrogen) atoms. The number of aliphatic hydroxyl groups is 1. The Hall–Kier alpha value is -0.880. The van der Waals surface area contributed by atoms with Crippen LogP contribution in [0, 0.1) is 11.8 Å². The third kappa shape index (κ3) is 3.04. The molecule has 0 saturated heterocycles. The minimum Gasteiger partial charge on any atom is -0.513 e. The predicted molar refractivity (Wildman–Crippen MR) is 39.0 cm³/mol. The van der Waals surface area contributed by atoms with Crippen molar-refractivity contribution in [3.63, 3.8) is 0 Å². The van der Waals surface area contributed by atoms with Crippen LogP contribution in [-0.4, -0.2) is 17.5 Å². The van der Waals surface area contributed by atoms with E-state index in [0.29, 0.717) is 6.08 Å². The second kappa shape index (κ2) is 3.61. The third-order valence-electron chi connectivity index (χ3n) is 2.27. The SMILES string of the molecule is OC1=CC(C(F)(F)F)CC(C(F)(F)F)C1. The Morgan fingerprint density at radius 2 is 1.60 bits per heavy atom. The van der Waals surface area contributed by atoms with Crippen LogP contribution in [0.4, 0.5) is 26.3 Å². The van der Waals surface area contributed by atoms with Crippen molar-refractivity contribution in [2.24, 2.45) is 11.8 Å². The summed E-state index contributed by atoms with van der Waals surface area (Å²) in [5, 5.41) is 8.84. The number of hydrogen-bond acceptors (Lipinski definition) is 1. The maximum atomic E-state index is 12.2. The Labute approximate surface area is 81.4 Å². The van der Waals surface area contributed by atoms with E-state index < -0.39 is 42.8 Å². The minimum absolute atomic E-state index is 0.447. The van der Waals surface area contributed by atoms with Gasteiger partial charge >= 0.3 is 12.4 Å². The fourth-order valence-electron chi connectivity index (χ4n) is 1.49. The van der Waals surface area contributed by atoms with Crippen molar-refractivity contribution in [2.75, 3.05) is 0 Å². The lowest BCUT2D eigenvalue weighted by Crippen LogP contribution is -2.34. The van der Waals surface area contributed by atoms with E-state index in [4.69, 9.17) is 5.11 Å². The molecule has 0 aromatic rings. The van der Waals surface area contributed by atoms with Crippen LogP contribution in [0.2, 0.25) is 0 Å². The number of hydrogen-bond donors (Lipinski definition) is 1. The molecule has 0 aliphatic heterocycles. The average Bonchev–Trinajstić information content (AvgIpc) is 1.99. The van der Waals surface area contributed by atoms with Crippen molar-refractivity contribution in [3.05, 3.63) is 11.8 Å². The molecular weight excluding hydrogens is 226 g/mol. The van der Waals surface area contributed by atoms with Gasteiger partial charge in [0.25, 0.3) is 0 Å². The molecule has 88 valence electrons. The van der Waals surface area contributed by atoms with Crippen molar-refractivity contribution in [3.8, 4) is 0 Å². The lowest BCUT2D eigenvalue weighted by molar-refractivity contribution is -0.207. The van der Waals surface area contributed by atoms with Gasteiger partial charge in [-0.05, 0) is 12.5 Å². The Morgan fingerprint density at radius 1 is 1.07 bits per heavy atom. The van der Waals surface area contributed by atoms with Crippen molar-refractivity contribution in [1.82, 2.24) is 0 Å². The molecule has 0 bridgehead atoms. The summed E-state index contributed by atoms with van der Waals surface area (Å²) in [4.78, 5) is 0. The molecule has 1 N–H and O–H groups in total.